The molecule has 0 radical (unpaired) electrons. The second-order valence-electron chi connectivity index (χ2n) is 6.37. The van der Waals surface area contributed by atoms with E-state index in [9.17, 15) is 0 Å². The third-order valence-corrected chi connectivity index (χ3v) is 5.01. The maximum Gasteiger partial charge on any atom is 0.196 e. The summed E-state index contributed by atoms with van der Waals surface area (Å²) >= 11 is 0. The van der Waals surface area contributed by atoms with Gasteiger partial charge in [-0.1, -0.05) is 12.1 Å². The van der Waals surface area contributed by atoms with Gasteiger partial charge in [-0.25, -0.2) is 9.97 Å². The monoisotopic (exact) mass is 335 g/mol. The molecule has 1 fully saturated rings. The second kappa shape index (κ2) is 5.03. The fourth-order valence-corrected chi connectivity index (χ4v) is 3.67. The van der Waals surface area contributed by atoms with Gasteiger partial charge in [-0.3, -0.25) is 4.68 Å². The van der Waals surface area contributed by atoms with Crippen LogP contribution in [0.1, 0.15) is 5.69 Å². The van der Waals surface area contributed by atoms with Crippen LogP contribution in [0, 0.1) is 0 Å². The van der Waals surface area contributed by atoms with Gasteiger partial charge >= 0.3 is 0 Å². The van der Waals surface area contributed by atoms with Crippen LogP contribution in [0.4, 0.5) is 5.82 Å². The fraction of sp³-hybridized carbons (Fsp3) is 0.278. The molecule has 7 heteroatoms. The average molecular weight is 335 g/mol. The summed E-state index contributed by atoms with van der Waals surface area (Å²) in [5, 5.41) is 5.27. The Labute approximate surface area is 143 Å². The highest BCUT2D eigenvalue weighted by atomic mass is 16.5. The number of benzene rings is 1. The fourth-order valence-electron chi connectivity index (χ4n) is 3.67. The van der Waals surface area contributed by atoms with Crippen molar-refractivity contribution < 1.29 is 9.15 Å². The summed E-state index contributed by atoms with van der Waals surface area (Å²) in [6.45, 7) is 1.37. The summed E-state index contributed by atoms with van der Waals surface area (Å²) in [7, 11) is 3.67. The van der Waals surface area contributed by atoms with Gasteiger partial charge in [0.15, 0.2) is 11.4 Å². The number of nitrogens with zero attached hydrogens (tertiary/aromatic N) is 5. The lowest BCUT2D eigenvalue weighted by Crippen LogP contribution is -2.61. The Kier molecular flexibility index (Phi) is 2.90. The Balaban J connectivity index is 1.56. The van der Waals surface area contributed by atoms with Gasteiger partial charge < -0.3 is 14.1 Å². The number of hydrogen-bond donors (Lipinski definition) is 0. The van der Waals surface area contributed by atoms with Gasteiger partial charge in [0.2, 0.25) is 0 Å². The summed E-state index contributed by atoms with van der Waals surface area (Å²) < 4.78 is 13.7. The zero-order chi connectivity index (χ0) is 17.0. The Morgan fingerprint density at radius 1 is 1.16 bits per heavy atom. The number of aryl methyl sites for hydroxylation is 1. The molecule has 0 aliphatic carbocycles. The molecule has 3 aromatic heterocycles. The van der Waals surface area contributed by atoms with Crippen LogP contribution in [0.3, 0.4) is 0 Å². The van der Waals surface area contributed by atoms with E-state index in [2.05, 4.69) is 20.0 Å². The number of rotatable bonds is 3. The third kappa shape index (κ3) is 1.93. The SMILES string of the molecule is COC1(c2ccnn2C)CN(c2ncnc3c2oc2ccccc23)C1. The number of ether oxygens (including phenoxy) is 1. The number of anilines is 1. The zero-order valence-corrected chi connectivity index (χ0v) is 14.0. The van der Waals surface area contributed by atoms with E-state index >= 15 is 0 Å². The highest BCUT2D eigenvalue weighted by molar-refractivity contribution is 6.05. The van der Waals surface area contributed by atoms with Crippen LogP contribution >= 0.6 is 0 Å². The molecule has 0 saturated carbocycles. The van der Waals surface area contributed by atoms with Crippen LogP contribution in [-0.4, -0.2) is 39.9 Å². The summed E-state index contributed by atoms with van der Waals surface area (Å²) in [5.74, 6) is 0.802. The summed E-state index contributed by atoms with van der Waals surface area (Å²) in [6, 6.07) is 9.91. The maximum atomic E-state index is 6.03. The first-order chi connectivity index (χ1) is 12.2. The van der Waals surface area contributed by atoms with Crippen molar-refractivity contribution in [3.63, 3.8) is 0 Å². The van der Waals surface area contributed by atoms with Crippen molar-refractivity contribution in [1.82, 2.24) is 19.7 Å². The van der Waals surface area contributed by atoms with Crippen LogP contribution in [-0.2, 0) is 17.4 Å². The van der Waals surface area contributed by atoms with Crippen LogP contribution in [0.15, 0.2) is 47.3 Å². The molecule has 1 aromatic carbocycles. The zero-order valence-electron chi connectivity index (χ0n) is 14.0. The molecule has 0 bridgehead atoms. The quantitative estimate of drug-likeness (QED) is 0.573. The Morgan fingerprint density at radius 2 is 2.00 bits per heavy atom. The van der Waals surface area contributed by atoms with Crippen LogP contribution < -0.4 is 4.90 Å². The highest BCUT2D eigenvalue weighted by Crippen LogP contribution is 2.40. The number of aromatic nitrogens is 4. The highest BCUT2D eigenvalue weighted by Gasteiger charge is 2.48. The summed E-state index contributed by atoms with van der Waals surface area (Å²) in [5.41, 5.74) is 3.06. The molecule has 25 heavy (non-hydrogen) atoms. The van der Waals surface area contributed by atoms with E-state index in [1.54, 1.807) is 19.6 Å². The van der Waals surface area contributed by atoms with Gasteiger partial charge in [0.1, 0.15) is 23.0 Å². The van der Waals surface area contributed by atoms with Crippen molar-refractivity contribution in [1.29, 1.82) is 0 Å². The number of para-hydroxylation sites is 1. The van der Waals surface area contributed by atoms with Crippen molar-refractivity contribution in [3.8, 4) is 0 Å². The van der Waals surface area contributed by atoms with Gasteiger partial charge in [0.25, 0.3) is 0 Å². The van der Waals surface area contributed by atoms with E-state index in [0.29, 0.717) is 13.1 Å². The largest absolute Gasteiger partial charge is 0.450 e. The van der Waals surface area contributed by atoms with Crippen molar-refractivity contribution >= 4 is 27.9 Å². The average Bonchev–Trinajstić information content (AvgIpc) is 3.19. The molecule has 4 heterocycles. The first-order valence-corrected chi connectivity index (χ1v) is 8.13. The molecule has 7 nitrogen and oxygen atoms in total. The minimum Gasteiger partial charge on any atom is -0.450 e. The first kappa shape index (κ1) is 14.4. The summed E-state index contributed by atoms with van der Waals surface area (Å²) in [4.78, 5) is 11.0. The molecule has 0 atom stereocenters. The Morgan fingerprint density at radius 3 is 2.76 bits per heavy atom. The minimum absolute atomic E-state index is 0.380. The predicted octanol–water partition coefficient (Wildman–Crippen LogP) is 2.47. The molecule has 0 spiro atoms. The molecule has 1 aliphatic rings. The van der Waals surface area contributed by atoms with Crippen molar-refractivity contribution in [2.45, 2.75) is 5.60 Å². The lowest BCUT2D eigenvalue weighted by atomic mass is 9.90. The number of hydrogen-bond acceptors (Lipinski definition) is 6. The number of furan rings is 1. The molecule has 1 aliphatic heterocycles. The van der Waals surface area contributed by atoms with Crippen molar-refractivity contribution in [2.75, 3.05) is 25.1 Å². The number of fused-ring (bicyclic) bond motifs is 3. The second-order valence-corrected chi connectivity index (χ2v) is 6.37. The van der Waals surface area contributed by atoms with E-state index in [1.165, 1.54) is 0 Å². The predicted molar refractivity (Wildman–Crippen MR) is 93.4 cm³/mol. The Bertz CT molecular complexity index is 1080. The van der Waals surface area contributed by atoms with Crippen LogP contribution in [0.5, 0.6) is 0 Å². The molecule has 0 unspecified atom stereocenters. The van der Waals surface area contributed by atoms with E-state index < -0.39 is 0 Å². The van der Waals surface area contributed by atoms with Gasteiger partial charge in [-0.05, 0) is 18.2 Å². The van der Waals surface area contributed by atoms with Gasteiger partial charge in [0.05, 0.1) is 18.8 Å². The number of methoxy groups -OCH3 is 1. The molecule has 0 N–H and O–H groups in total. The molecule has 4 aromatic rings. The standard InChI is InChI=1S/C18H17N5O2/c1-22-14(7-8-21-22)18(24-2)9-23(10-18)17-16-15(19-11-20-17)12-5-3-4-6-13(12)25-16/h3-8,11H,9-10H2,1-2H3. The summed E-state index contributed by atoms with van der Waals surface area (Å²) in [6.07, 6.45) is 3.39. The van der Waals surface area contributed by atoms with Crippen LogP contribution in [0.25, 0.3) is 22.1 Å². The van der Waals surface area contributed by atoms with E-state index in [1.807, 2.05) is 42.1 Å². The van der Waals surface area contributed by atoms with Gasteiger partial charge in [-0.15, -0.1) is 0 Å². The lowest BCUT2D eigenvalue weighted by molar-refractivity contribution is -0.0447. The Hall–Kier alpha value is -2.93. The first-order valence-electron chi connectivity index (χ1n) is 8.13. The molecule has 126 valence electrons. The third-order valence-electron chi connectivity index (χ3n) is 5.01. The maximum absolute atomic E-state index is 6.03. The molecular weight excluding hydrogens is 318 g/mol. The van der Waals surface area contributed by atoms with Crippen LogP contribution in [0.2, 0.25) is 0 Å². The van der Waals surface area contributed by atoms with E-state index in [4.69, 9.17) is 9.15 Å². The van der Waals surface area contributed by atoms with Gasteiger partial charge in [-0.2, -0.15) is 5.10 Å². The van der Waals surface area contributed by atoms with Crippen molar-refractivity contribution in [2.24, 2.45) is 7.05 Å². The molecular formula is C18H17N5O2. The van der Waals surface area contributed by atoms with Crippen molar-refractivity contribution in [3.05, 3.63) is 48.5 Å². The smallest absolute Gasteiger partial charge is 0.196 e. The van der Waals surface area contributed by atoms with Gasteiger partial charge in [0, 0.05) is 25.7 Å². The van der Waals surface area contributed by atoms with E-state index in [-0.39, 0.29) is 5.60 Å². The van der Waals surface area contributed by atoms with E-state index in [0.717, 1.165) is 33.6 Å². The lowest BCUT2D eigenvalue weighted by Gasteiger charge is -2.49. The normalized spacial score (nSPS) is 16.5. The molecule has 5 rings (SSSR count). The minimum atomic E-state index is -0.380. The molecule has 0 amide bonds. The topological polar surface area (TPSA) is 69.2 Å². The molecule has 1 saturated heterocycles.